The van der Waals surface area contributed by atoms with E-state index in [-0.39, 0.29) is 5.92 Å². The van der Waals surface area contributed by atoms with Crippen LogP contribution in [-0.2, 0) is 0 Å². The number of hydrogen-bond acceptors (Lipinski definition) is 6. The fourth-order valence-corrected chi connectivity index (χ4v) is 19.8. The van der Waals surface area contributed by atoms with Crippen molar-refractivity contribution in [1.29, 1.82) is 5.26 Å². The maximum absolute atomic E-state index is 10.6. The number of nitrogens with one attached hydrogen (secondary N) is 2. The van der Waals surface area contributed by atoms with Gasteiger partial charge in [-0.15, -0.1) is 0 Å². The summed E-state index contributed by atoms with van der Waals surface area (Å²) in [4.78, 5) is 10.5. The molecule has 316 valence electrons. The van der Waals surface area contributed by atoms with E-state index in [1.165, 1.54) is 173 Å². The summed E-state index contributed by atoms with van der Waals surface area (Å²) < 4.78 is 0. The van der Waals surface area contributed by atoms with Crippen LogP contribution < -0.4 is 10.6 Å². The fraction of sp³-hybridized carbons (Fsp3) is 0.980. The highest BCUT2D eigenvalue weighted by Gasteiger charge is 2.68. The third kappa shape index (κ3) is 6.11. The molecule has 2 N–H and O–H groups in total. The summed E-state index contributed by atoms with van der Waals surface area (Å²) in [7, 11) is 0. The highest BCUT2D eigenvalue weighted by molar-refractivity contribution is 5.22. The highest BCUT2D eigenvalue weighted by Crippen LogP contribution is 2.62. The van der Waals surface area contributed by atoms with Gasteiger partial charge in [0.2, 0.25) is 0 Å². The molecule has 7 aliphatic carbocycles. The van der Waals surface area contributed by atoms with Crippen molar-refractivity contribution in [3.63, 3.8) is 0 Å². The van der Waals surface area contributed by atoms with E-state index in [1.807, 2.05) is 0 Å². The average molecular weight is 779 g/mol. The molecule has 12 rings (SSSR count). The van der Waals surface area contributed by atoms with Crippen LogP contribution in [0.1, 0.15) is 180 Å². The van der Waals surface area contributed by atoms with Gasteiger partial charge in [-0.2, -0.15) is 5.26 Å². The number of likely N-dealkylation sites (tertiary alicyclic amines) is 3. The van der Waals surface area contributed by atoms with Gasteiger partial charge in [0.05, 0.1) is 12.0 Å². The minimum absolute atomic E-state index is 0.166. The summed E-state index contributed by atoms with van der Waals surface area (Å²) in [6, 6.07) is 11.0. The molecule has 19 atom stereocenters. The Morgan fingerprint density at radius 1 is 0.368 bits per heavy atom. The summed E-state index contributed by atoms with van der Waals surface area (Å²) >= 11 is 0. The third-order valence-corrected chi connectivity index (χ3v) is 21.3. The maximum Gasteiger partial charge on any atom is 0.0673 e. The molecule has 57 heavy (non-hydrogen) atoms. The molecule has 6 heteroatoms. The van der Waals surface area contributed by atoms with Crippen molar-refractivity contribution in [1.82, 2.24) is 25.3 Å². The molecule has 0 aromatic heterocycles. The Bertz CT molecular complexity index is 1410. The number of nitriles is 1. The van der Waals surface area contributed by atoms with Crippen LogP contribution in [0.2, 0.25) is 0 Å². The zero-order chi connectivity index (χ0) is 37.6. The van der Waals surface area contributed by atoms with Crippen molar-refractivity contribution in [2.45, 2.75) is 246 Å². The molecule has 0 aromatic carbocycles. The quantitative estimate of drug-likeness (QED) is 0.297. The second kappa shape index (κ2) is 15.9. The lowest BCUT2D eigenvalue weighted by molar-refractivity contribution is -0.114. The minimum Gasteiger partial charge on any atom is -0.312 e. The van der Waals surface area contributed by atoms with Crippen LogP contribution in [0.15, 0.2) is 0 Å². The van der Waals surface area contributed by atoms with Gasteiger partial charge in [-0.1, -0.05) is 83.5 Å². The molecular formula is C51H82N6. The van der Waals surface area contributed by atoms with Gasteiger partial charge in [0.25, 0.3) is 0 Å². The molecule has 5 aliphatic heterocycles. The maximum atomic E-state index is 10.6. The van der Waals surface area contributed by atoms with Gasteiger partial charge >= 0.3 is 0 Å². The van der Waals surface area contributed by atoms with Gasteiger partial charge in [0, 0.05) is 66.5 Å². The monoisotopic (exact) mass is 779 g/mol. The summed E-state index contributed by atoms with van der Waals surface area (Å²) in [6.45, 7) is 2.17. The van der Waals surface area contributed by atoms with Crippen LogP contribution in [0, 0.1) is 64.6 Å². The number of hydrogen-bond donors (Lipinski definition) is 2. The molecule has 0 spiro atoms. The van der Waals surface area contributed by atoms with E-state index in [0.29, 0.717) is 18.0 Å². The van der Waals surface area contributed by atoms with Gasteiger partial charge in [-0.3, -0.25) is 14.7 Å². The lowest BCUT2D eigenvalue weighted by Gasteiger charge is -2.62. The zero-order valence-corrected chi connectivity index (χ0v) is 36.0. The molecular weight excluding hydrogens is 697 g/mol. The van der Waals surface area contributed by atoms with E-state index < -0.39 is 0 Å². The second-order valence-electron chi connectivity index (χ2n) is 23.2. The van der Waals surface area contributed by atoms with Crippen LogP contribution in [0.5, 0.6) is 0 Å². The predicted octanol–water partition coefficient (Wildman–Crippen LogP) is 9.28. The number of rotatable bonds is 4. The van der Waals surface area contributed by atoms with Crippen molar-refractivity contribution < 1.29 is 0 Å². The minimum atomic E-state index is 0.166. The number of nitrogens with zero attached hydrogens (tertiary/aromatic N) is 4. The zero-order valence-electron chi connectivity index (χ0n) is 36.0. The highest BCUT2D eigenvalue weighted by atomic mass is 15.4. The largest absolute Gasteiger partial charge is 0.312 e. The first-order valence-electron chi connectivity index (χ1n) is 26.5. The Hall–Kier alpha value is -0.710. The molecule has 0 aromatic rings. The molecule has 19 unspecified atom stereocenters. The van der Waals surface area contributed by atoms with Gasteiger partial charge in [0.1, 0.15) is 0 Å². The van der Waals surface area contributed by atoms with Crippen molar-refractivity contribution in [3.05, 3.63) is 0 Å². The topological polar surface area (TPSA) is 57.6 Å². The normalized spacial score (nSPS) is 53.4. The Morgan fingerprint density at radius 2 is 0.825 bits per heavy atom. The Morgan fingerprint density at radius 3 is 1.39 bits per heavy atom. The lowest BCUT2D eigenvalue weighted by atomic mass is 9.59. The SMILES string of the molecule is N#CC1CCNC2C(C3CC4C(C5CCCCC5N4C4CCCCC4)C(N4C5CCCCC5C5CCCCC54)C3N3C4CCCCC4C4CCCCC43)CCNC12. The molecule has 12 aliphatic rings. The molecule has 5 heterocycles. The molecule has 0 bridgehead atoms. The van der Waals surface area contributed by atoms with Crippen molar-refractivity contribution in [2.24, 2.45) is 53.3 Å². The molecule has 0 amide bonds. The first-order valence-corrected chi connectivity index (χ1v) is 26.5. The molecule has 0 radical (unpaired) electrons. The van der Waals surface area contributed by atoms with Crippen LogP contribution in [0.3, 0.4) is 0 Å². The Kier molecular flexibility index (Phi) is 10.6. The smallest absolute Gasteiger partial charge is 0.0673 e. The predicted molar refractivity (Wildman–Crippen MR) is 229 cm³/mol. The van der Waals surface area contributed by atoms with Gasteiger partial charge in [-0.05, 0) is 157 Å². The number of piperidine rings is 2. The van der Waals surface area contributed by atoms with Crippen LogP contribution >= 0.6 is 0 Å². The third-order valence-electron chi connectivity index (χ3n) is 21.3. The molecule has 5 saturated heterocycles. The fourth-order valence-electron chi connectivity index (χ4n) is 19.8. The Balaban J connectivity index is 1.05. The average Bonchev–Trinajstić information content (AvgIpc) is 3.91. The molecule has 7 saturated carbocycles. The van der Waals surface area contributed by atoms with Crippen LogP contribution in [-0.4, -0.2) is 94.2 Å². The van der Waals surface area contributed by atoms with Crippen LogP contribution in [0.25, 0.3) is 0 Å². The standard InChI is InChI=1S/C51H82N6/c52-31-32-26-28-54-49-38(27-29-53-48(32)49)40-30-46-47(39-20-8-13-25-45(39)55(46)33-14-2-1-3-15-33)51(57-43-23-11-6-18-36(43)37-19-7-12-24-44(37)57)50(40)56-41-21-9-4-16-34(41)35-17-5-10-22-42(35)56/h32-51,53-54H,1-30H2. The van der Waals surface area contributed by atoms with Gasteiger partial charge in [0.15, 0.2) is 0 Å². The van der Waals surface area contributed by atoms with Gasteiger partial charge in [-0.25, -0.2) is 0 Å². The summed E-state index contributed by atoms with van der Waals surface area (Å²) in [6.07, 6.45) is 41.3. The van der Waals surface area contributed by atoms with E-state index in [4.69, 9.17) is 0 Å². The molecule has 12 fully saturated rings. The van der Waals surface area contributed by atoms with E-state index in [0.717, 1.165) is 115 Å². The van der Waals surface area contributed by atoms with E-state index in [1.54, 1.807) is 0 Å². The van der Waals surface area contributed by atoms with Crippen LogP contribution in [0.4, 0.5) is 0 Å². The van der Waals surface area contributed by atoms with E-state index in [9.17, 15) is 5.26 Å². The summed E-state index contributed by atoms with van der Waals surface area (Å²) in [5, 5.41) is 18.9. The number of fused-ring (bicyclic) bond motifs is 10. The molecule has 6 nitrogen and oxygen atoms in total. The lowest BCUT2D eigenvalue weighted by Crippen LogP contribution is -2.72. The summed E-state index contributed by atoms with van der Waals surface area (Å²) in [5.41, 5.74) is 0. The van der Waals surface area contributed by atoms with Gasteiger partial charge < -0.3 is 10.6 Å². The van der Waals surface area contributed by atoms with E-state index >= 15 is 0 Å². The Labute approximate surface area is 348 Å². The summed E-state index contributed by atoms with van der Waals surface area (Å²) in [5.74, 6) is 7.28. The van der Waals surface area contributed by atoms with Crippen molar-refractivity contribution in [2.75, 3.05) is 13.1 Å². The first kappa shape index (κ1) is 38.0. The van der Waals surface area contributed by atoms with Crippen molar-refractivity contribution in [3.8, 4) is 6.07 Å². The first-order chi connectivity index (χ1) is 28.3. The van der Waals surface area contributed by atoms with Crippen molar-refractivity contribution >= 4 is 0 Å². The van der Waals surface area contributed by atoms with E-state index in [2.05, 4.69) is 31.4 Å². The second-order valence-corrected chi connectivity index (χ2v) is 23.2.